The van der Waals surface area contributed by atoms with Crippen LogP contribution in [0.25, 0.3) is 10.9 Å². The van der Waals surface area contributed by atoms with Crippen LogP contribution in [0.1, 0.15) is 57.6 Å². The number of likely N-dealkylation sites (tertiary alicyclic amines) is 2. The predicted octanol–water partition coefficient (Wildman–Crippen LogP) is 1.28. The van der Waals surface area contributed by atoms with E-state index in [0.29, 0.717) is 25.9 Å². The SMILES string of the molecule is CCn1c(CC[C@@H]2CCCN2C(=O)CN2CCC[C@H](NC(=O)CC[C@H](N)C(N)=O)C2=O)cc2ccccc21. The first-order valence-electron chi connectivity index (χ1n) is 13.8. The van der Waals surface area contributed by atoms with Gasteiger partial charge < -0.3 is 31.2 Å². The number of carbonyl (C=O) groups is 4. The molecule has 0 aliphatic carbocycles. The van der Waals surface area contributed by atoms with Gasteiger partial charge >= 0.3 is 0 Å². The number of benzene rings is 1. The number of nitrogens with one attached hydrogen (secondary N) is 1. The third kappa shape index (κ3) is 6.35. The molecule has 206 valence electrons. The molecule has 0 bridgehead atoms. The van der Waals surface area contributed by atoms with Gasteiger partial charge in [-0.3, -0.25) is 19.2 Å². The Hall–Kier alpha value is -3.40. The minimum Gasteiger partial charge on any atom is -0.368 e. The molecule has 10 heteroatoms. The summed E-state index contributed by atoms with van der Waals surface area (Å²) in [6.07, 6.45) is 5.09. The molecular weight excluding hydrogens is 484 g/mol. The first-order valence-corrected chi connectivity index (χ1v) is 13.8. The molecule has 0 radical (unpaired) electrons. The monoisotopic (exact) mass is 524 g/mol. The molecule has 10 nitrogen and oxygen atoms in total. The molecule has 0 unspecified atom stereocenters. The number of carbonyl (C=O) groups excluding carboxylic acids is 4. The van der Waals surface area contributed by atoms with Crippen LogP contribution < -0.4 is 16.8 Å². The smallest absolute Gasteiger partial charge is 0.245 e. The van der Waals surface area contributed by atoms with E-state index in [-0.39, 0.29) is 43.1 Å². The van der Waals surface area contributed by atoms with Crippen molar-refractivity contribution in [3.8, 4) is 0 Å². The molecule has 2 saturated heterocycles. The molecule has 3 atom stereocenters. The minimum atomic E-state index is -0.893. The minimum absolute atomic E-state index is 0.0131. The number of amides is 4. The topological polar surface area (TPSA) is 144 Å². The fraction of sp³-hybridized carbons (Fsp3) is 0.571. The summed E-state index contributed by atoms with van der Waals surface area (Å²) >= 11 is 0. The zero-order chi connectivity index (χ0) is 27.2. The number of rotatable bonds is 11. The second-order valence-corrected chi connectivity index (χ2v) is 10.4. The van der Waals surface area contributed by atoms with Crippen molar-refractivity contribution < 1.29 is 19.2 Å². The summed E-state index contributed by atoms with van der Waals surface area (Å²) in [4.78, 5) is 53.2. The van der Waals surface area contributed by atoms with Gasteiger partial charge in [-0.15, -0.1) is 0 Å². The average molecular weight is 525 g/mol. The molecule has 0 spiro atoms. The second kappa shape index (κ2) is 12.4. The van der Waals surface area contributed by atoms with Gasteiger partial charge in [-0.25, -0.2) is 0 Å². The van der Waals surface area contributed by atoms with Crippen molar-refractivity contribution in [1.82, 2.24) is 19.7 Å². The highest BCUT2D eigenvalue weighted by Gasteiger charge is 2.34. The first-order chi connectivity index (χ1) is 18.3. The molecule has 5 N–H and O–H groups in total. The van der Waals surface area contributed by atoms with E-state index in [1.807, 2.05) is 4.90 Å². The standard InChI is InChI=1S/C28H40N6O4/c1-2-33-21(17-19-7-3-4-10-24(19)33)12-11-20-8-5-16-34(20)26(36)18-32-15-6-9-23(28(32)38)31-25(35)14-13-22(29)27(30)37/h3-4,7,10,17,20,22-23H,2,5-6,8-9,11-16,18,29H2,1H3,(H2,30,37)(H,31,35)/t20-,22-,23-/m0/s1. The van der Waals surface area contributed by atoms with Crippen molar-refractivity contribution in [3.63, 3.8) is 0 Å². The lowest BCUT2D eigenvalue weighted by Gasteiger charge is -2.34. The van der Waals surface area contributed by atoms with Crippen molar-refractivity contribution in [2.75, 3.05) is 19.6 Å². The molecule has 4 amide bonds. The van der Waals surface area contributed by atoms with Crippen molar-refractivity contribution in [2.24, 2.45) is 11.5 Å². The van der Waals surface area contributed by atoms with Gasteiger partial charge in [-0.1, -0.05) is 18.2 Å². The Labute approximate surface area is 223 Å². The van der Waals surface area contributed by atoms with Crippen LogP contribution in [-0.2, 0) is 32.1 Å². The summed E-state index contributed by atoms with van der Waals surface area (Å²) in [7, 11) is 0. The van der Waals surface area contributed by atoms with Crippen molar-refractivity contribution in [1.29, 1.82) is 0 Å². The Balaban J connectivity index is 1.30. The van der Waals surface area contributed by atoms with E-state index in [0.717, 1.165) is 32.2 Å². The Morgan fingerprint density at radius 1 is 1.13 bits per heavy atom. The number of fused-ring (bicyclic) bond motifs is 1. The molecule has 1 aromatic carbocycles. The summed E-state index contributed by atoms with van der Waals surface area (Å²) in [5.74, 6) is -1.28. The van der Waals surface area contributed by atoms with E-state index in [9.17, 15) is 19.2 Å². The van der Waals surface area contributed by atoms with Gasteiger partial charge in [0.1, 0.15) is 6.04 Å². The highest BCUT2D eigenvalue weighted by molar-refractivity contribution is 5.91. The van der Waals surface area contributed by atoms with Gasteiger partial charge in [-0.2, -0.15) is 0 Å². The lowest BCUT2D eigenvalue weighted by atomic mass is 10.0. The largest absolute Gasteiger partial charge is 0.368 e. The zero-order valence-corrected chi connectivity index (χ0v) is 22.2. The highest BCUT2D eigenvalue weighted by atomic mass is 16.2. The summed E-state index contributed by atoms with van der Waals surface area (Å²) in [5.41, 5.74) is 13.3. The molecule has 3 heterocycles. The van der Waals surface area contributed by atoms with Crippen LogP contribution >= 0.6 is 0 Å². The van der Waals surface area contributed by atoms with Crippen molar-refractivity contribution in [2.45, 2.75) is 83.0 Å². The van der Waals surface area contributed by atoms with E-state index < -0.39 is 18.0 Å². The number of piperidine rings is 1. The molecule has 4 rings (SSSR count). The summed E-state index contributed by atoms with van der Waals surface area (Å²) < 4.78 is 2.35. The number of hydrogen-bond acceptors (Lipinski definition) is 5. The van der Waals surface area contributed by atoms with E-state index >= 15 is 0 Å². The lowest BCUT2D eigenvalue weighted by molar-refractivity contribution is -0.145. The number of nitrogens with zero attached hydrogens (tertiary/aromatic N) is 3. The maximum absolute atomic E-state index is 13.3. The maximum Gasteiger partial charge on any atom is 0.245 e. The number of aryl methyl sites for hydroxylation is 2. The molecule has 2 fully saturated rings. The van der Waals surface area contributed by atoms with Gasteiger partial charge in [-0.05, 0) is 69.4 Å². The highest BCUT2D eigenvalue weighted by Crippen LogP contribution is 2.26. The fourth-order valence-electron chi connectivity index (χ4n) is 5.81. The van der Waals surface area contributed by atoms with Crippen LogP contribution in [0.3, 0.4) is 0 Å². The number of primary amides is 1. The van der Waals surface area contributed by atoms with Crippen LogP contribution in [0.15, 0.2) is 30.3 Å². The molecule has 2 aromatic rings. The Morgan fingerprint density at radius 2 is 1.89 bits per heavy atom. The van der Waals surface area contributed by atoms with Crippen LogP contribution in [0.4, 0.5) is 0 Å². The molecular formula is C28H40N6O4. The number of para-hydroxylation sites is 1. The third-order valence-corrected chi connectivity index (χ3v) is 7.88. The molecule has 1 aromatic heterocycles. The van der Waals surface area contributed by atoms with E-state index in [1.54, 1.807) is 4.90 Å². The molecule has 2 aliphatic rings. The summed E-state index contributed by atoms with van der Waals surface area (Å²) in [6.45, 7) is 4.30. The van der Waals surface area contributed by atoms with Gasteiger partial charge in [0.05, 0.1) is 12.6 Å². The summed E-state index contributed by atoms with van der Waals surface area (Å²) in [6, 6.07) is 9.26. The molecule has 38 heavy (non-hydrogen) atoms. The Morgan fingerprint density at radius 3 is 2.66 bits per heavy atom. The molecule has 2 aliphatic heterocycles. The number of aromatic nitrogens is 1. The van der Waals surface area contributed by atoms with E-state index in [2.05, 4.69) is 47.1 Å². The van der Waals surface area contributed by atoms with E-state index in [4.69, 9.17) is 11.5 Å². The van der Waals surface area contributed by atoms with Gasteiger partial charge in [0.15, 0.2) is 0 Å². The molecule has 0 saturated carbocycles. The average Bonchev–Trinajstić information content (AvgIpc) is 3.52. The van der Waals surface area contributed by atoms with Crippen LogP contribution in [0, 0.1) is 0 Å². The first kappa shape index (κ1) is 27.6. The third-order valence-electron chi connectivity index (χ3n) is 7.88. The van der Waals surface area contributed by atoms with E-state index in [1.165, 1.54) is 16.6 Å². The Bertz CT molecular complexity index is 1180. The fourth-order valence-corrected chi connectivity index (χ4v) is 5.81. The maximum atomic E-state index is 13.3. The number of hydrogen-bond donors (Lipinski definition) is 3. The second-order valence-electron chi connectivity index (χ2n) is 10.4. The normalized spacial score (nSPS) is 20.6. The zero-order valence-electron chi connectivity index (χ0n) is 22.2. The van der Waals surface area contributed by atoms with Crippen molar-refractivity contribution >= 4 is 34.5 Å². The lowest BCUT2D eigenvalue weighted by Crippen LogP contribution is -2.55. The predicted molar refractivity (Wildman–Crippen MR) is 145 cm³/mol. The van der Waals surface area contributed by atoms with Crippen LogP contribution in [-0.4, -0.2) is 75.8 Å². The summed E-state index contributed by atoms with van der Waals surface area (Å²) in [5, 5.41) is 3.98. The van der Waals surface area contributed by atoms with Crippen LogP contribution in [0.5, 0.6) is 0 Å². The van der Waals surface area contributed by atoms with Crippen LogP contribution in [0.2, 0.25) is 0 Å². The van der Waals surface area contributed by atoms with Gasteiger partial charge in [0, 0.05) is 43.3 Å². The van der Waals surface area contributed by atoms with Crippen molar-refractivity contribution in [3.05, 3.63) is 36.0 Å². The van der Waals surface area contributed by atoms with Gasteiger partial charge in [0.2, 0.25) is 23.6 Å². The van der Waals surface area contributed by atoms with Gasteiger partial charge in [0.25, 0.3) is 0 Å². The number of nitrogens with two attached hydrogens (primary N) is 2. The quantitative estimate of drug-likeness (QED) is 0.406. The Kier molecular flexibility index (Phi) is 9.04.